The lowest BCUT2D eigenvalue weighted by Crippen LogP contribution is -2.10. The van der Waals surface area contributed by atoms with Gasteiger partial charge in [-0.3, -0.25) is 0 Å². The number of fused-ring (bicyclic) bond motifs is 1. The van der Waals surface area contributed by atoms with Crippen LogP contribution in [0, 0.1) is 0 Å². The van der Waals surface area contributed by atoms with E-state index in [1.165, 1.54) is 0 Å². The Morgan fingerprint density at radius 2 is 2.21 bits per heavy atom. The zero-order valence-electron chi connectivity index (χ0n) is 7.97. The molecule has 2 rings (SSSR count). The first-order valence-corrected chi connectivity index (χ1v) is 5.07. The third kappa shape index (κ3) is 1.53. The Morgan fingerprint density at radius 1 is 1.43 bits per heavy atom. The van der Waals surface area contributed by atoms with Gasteiger partial charge >= 0.3 is 0 Å². The van der Waals surface area contributed by atoms with E-state index in [9.17, 15) is 0 Å². The Bertz CT molecular complexity index is 461. The summed E-state index contributed by atoms with van der Waals surface area (Å²) in [5.74, 6) is 0. The van der Waals surface area contributed by atoms with Gasteiger partial charge in [0.2, 0.25) is 0 Å². The van der Waals surface area contributed by atoms with Crippen LogP contribution < -0.4 is 0 Å². The average molecular weight is 205 g/mol. The normalized spacial score (nSPS) is 10.6. The molecule has 0 N–H and O–H groups in total. The van der Waals surface area contributed by atoms with Crippen LogP contribution in [0.15, 0.2) is 24.3 Å². The van der Waals surface area contributed by atoms with Gasteiger partial charge in [0.1, 0.15) is 10.5 Å². The fourth-order valence-electron chi connectivity index (χ4n) is 1.37. The number of hydrogen-bond donors (Lipinski definition) is 0. The molecule has 1 aromatic heterocycles. The predicted octanol–water partition coefficient (Wildman–Crippen LogP) is 2.41. The summed E-state index contributed by atoms with van der Waals surface area (Å²) < 4.78 is 1.74. The van der Waals surface area contributed by atoms with Crippen molar-refractivity contribution in [2.24, 2.45) is 0 Å². The Hall–Kier alpha value is -1.29. The van der Waals surface area contributed by atoms with Gasteiger partial charge < -0.3 is 0 Å². The molecular formula is C10H11N3S. The molecule has 0 spiro atoms. The zero-order chi connectivity index (χ0) is 9.97. The van der Waals surface area contributed by atoms with Crippen LogP contribution >= 0.6 is 12.2 Å². The van der Waals surface area contributed by atoms with Gasteiger partial charge in [0.15, 0.2) is 0 Å². The summed E-state index contributed by atoms with van der Waals surface area (Å²) in [4.78, 5) is 0.834. The molecule has 0 fully saturated rings. The number of thiocarbonyl (C=S) groups is 1. The summed E-state index contributed by atoms with van der Waals surface area (Å²) in [7, 11) is 0. The van der Waals surface area contributed by atoms with E-state index in [2.05, 4.69) is 17.2 Å². The predicted molar refractivity (Wildman–Crippen MR) is 60.4 cm³/mol. The maximum atomic E-state index is 5.26. The fourth-order valence-corrected chi connectivity index (χ4v) is 1.71. The van der Waals surface area contributed by atoms with Crippen molar-refractivity contribution in [3.05, 3.63) is 24.3 Å². The summed E-state index contributed by atoms with van der Waals surface area (Å²) in [6, 6.07) is 7.84. The number of rotatable bonds is 2. The molecule has 0 aliphatic heterocycles. The van der Waals surface area contributed by atoms with Crippen LogP contribution in [0.1, 0.15) is 19.8 Å². The lowest BCUT2D eigenvalue weighted by atomic mass is 10.3. The SMILES string of the molecule is CCCC(=S)n1nnc2ccccc21. The number of hydrogen-bond acceptors (Lipinski definition) is 3. The van der Waals surface area contributed by atoms with Crippen molar-refractivity contribution < 1.29 is 0 Å². The monoisotopic (exact) mass is 205 g/mol. The molecule has 0 aliphatic carbocycles. The van der Waals surface area contributed by atoms with Crippen molar-refractivity contribution >= 4 is 28.2 Å². The van der Waals surface area contributed by atoms with Crippen LogP contribution in [0.3, 0.4) is 0 Å². The topological polar surface area (TPSA) is 30.7 Å². The molecule has 0 bridgehead atoms. The van der Waals surface area contributed by atoms with Crippen molar-refractivity contribution in [2.75, 3.05) is 0 Å². The first kappa shape index (κ1) is 9.27. The first-order valence-electron chi connectivity index (χ1n) is 4.66. The lowest BCUT2D eigenvalue weighted by Gasteiger charge is -2.01. The Kier molecular flexibility index (Phi) is 2.54. The van der Waals surface area contributed by atoms with Gasteiger partial charge in [0.05, 0.1) is 5.52 Å². The third-order valence-electron chi connectivity index (χ3n) is 2.05. The molecule has 3 nitrogen and oxygen atoms in total. The second-order valence-electron chi connectivity index (χ2n) is 3.13. The number of para-hydroxylation sites is 1. The molecule has 2 aromatic rings. The molecule has 0 unspecified atom stereocenters. The molecule has 0 aliphatic rings. The number of aromatic nitrogens is 3. The van der Waals surface area contributed by atoms with E-state index in [4.69, 9.17) is 12.2 Å². The minimum atomic E-state index is 0.834. The Morgan fingerprint density at radius 3 is 3.00 bits per heavy atom. The summed E-state index contributed by atoms with van der Waals surface area (Å²) >= 11 is 5.26. The van der Waals surface area contributed by atoms with Crippen molar-refractivity contribution in [2.45, 2.75) is 19.8 Å². The average Bonchev–Trinajstić information content (AvgIpc) is 2.61. The maximum absolute atomic E-state index is 5.26. The molecule has 1 aromatic carbocycles. The number of benzene rings is 1. The second-order valence-corrected chi connectivity index (χ2v) is 3.60. The molecular weight excluding hydrogens is 194 g/mol. The van der Waals surface area contributed by atoms with Crippen LogP contribution in [-0.4, -0.2) is 20.0 Å². The van der Waals surface area contributed by atoms with E-state index >= 15 is 0 Å². The molecule has 0 saturated heterocycles. The Labute approximate surface area is 87.7 Å². The highest BCUT2D eigenvalue weighted by Gasteiger charge is 2.06. The smallest absolute Gasteiger partial charge is 0.113 e. The minimum absolute atomic E-state index is 0.834. The van der Waals surface area contributed by atoms with E-state index in [0.717, 1.165) is 28.9 Å². The first-order chi connectivity index (χ1) is 6.83. The van der Waals surface area contributed by atoms with Gasteiger partial charge in [-0.1, -0.05) is 36.5 Å². The van der Waals surface area contributed by atoms with Crippen molar-refractivity contribution in [3.63, 3.8) is 0 Å². The van der Waals surface area contributed by atoms with Crippen molar-refractivity contribution in [3.8, 4) is 0 Å². The quantitative estimate of drug-likeness (QED) is 0.705. The molecule has 0 atom stereocenters. The third-order valence-corrected chi connectivity index (χ3v) is 2.43. The Balaban J connectivity index is 2.47. The van der Waals surface area contributed by atoms with Gasteiger partial charge in [-0.15, -0.1) is 5.10 Å². The van der Waals surface area contributed by atoms with Crippen LogP contribution in [0.2, 0.25) is 0 Å². The highest BCUT2D eigenvalue weighted by atomic mass is 32.1. The van der Waals surface area contributed by atoms with Gasteiger partial charge in [-0.05, 0) is 18.6 Å². The minimum Gasteiger partial charge on any atom is -0.206 e. The van der Waals surface area contributed by atoms with Gasteiger partial charge in [-0.25, -0.2) is 4.68 Å². The van der Waals surface area contributed by atoms with E-state index in [-0.39, 0.29) is 0 Å². The summed E-state index contributed by atoms with van der Waals surface area (Å²) in [6.07, 6.45) is 1.91. The van der Waals surface area contributed by atoms with Crippen LogP contribution in [0.25, 0.3) is 11.0 Å². The van der Waals surface area contributed by atoms with Gasteiger partial charge in [0.25, 0.3) is 0 Å². The van der Waals surface area contributed by atoms with E-state index < -0.39 is 0 Å². The van der Waals surface area contributed by atoms with Crippen LogP contribution in [0.4, 0.5) is 0 Å². The molecule has 0 radical (unpaired) electrons. The molecule has 1 heterocycles. The molecule has 0 saturated carbocycles. The summed E-state index contributed by atoms with van der Waals surface area (Å²) in [5, 5.41) is 8.09. The lowest BCUT2D eigenvalue weighted by molar-refractivity contribution is 0.839. The molecule has 0 amide bonds. The standard InChI is InChI=1S/C10H11N3S/c1-2-5-10(14)13-9-7-4-3-6-8(9)11-12-13/h3-4,6-7H,2,5H2,1H3. The fraction of sp³-hybridized carbons (Fsp3) is 0.300. The summed E-state index contributed by atoms with van der Waals surface area (Å²) in [6.45, 7) is 2.10. The zero-order valence-corrected chi connectivity index (χ0v) is 8.79. The molecule has 14 heavy (non-hydrogen) atoms. The summed E-state index contributed by atoms with van der Waals surface area (Å²) in [5.41, 5.74) is 1.89. The molecule has 72 valence electrons. The van der Waals surface area contributed by atoms with Crippen molar-refractivity contribution in [1.29, 1.82) is 0 Å². The maximum Gasteiger partial charge on any atom is 0.113 e. The number of nitrogens with zero attached hydrogens (tertiary/aromatic N) is 3. The highest BCUT2D eigenvalue weighted by Crippen LogP contribution is 2.10. The second kappa shape index (κ2) is 3.84. The van der Waals surface area contributed by atoms with E-state index in [1.54, 1.807) is 4.68 Å². The largest absolute Gasteiger partial charge is 0.206 e. The van der Waals surface area contributed by atoms with Gasteiger partial charge in [0, 0.05) is 6.42 Å². The van der Waals surface area contributed by atoms with E-state index in [1.807, 2.05) is 24.3 Å². The van der Waals surface area contributed by atoms with E-state index in [0.29, 0.717) is 0 Å². The van der Waals surface area contributed by atoms with Crippen molar-refractivity contribution in [1.82, 2.24) is 15.0 Å². The van der Waals surface area contributed by atoms with Crippen LogP contribution in [0.5, 0.6) is 0 Å². The molecule has 4 heteroatoms. The van der Waals surface area contributed by atoms with Gasteiger partial charge in [-0.2, -0.15) is 0 Å². The highest BCUT2D eigenvalue weighted by molar-refractivity contribution is 7.80. The van der Waals surface area contributed by atoms with Crippen LogP contribution in [-0.2, 0) is 0 Å².